The van der Waals surface area contributed by atoms with E-state index in [4.69, 9.17) is 5.11 Å². The lowest BCUT2D eigenvalue weighted by molar-refractivity contribution is 0.0651. The van der Waals surface area contributed by atoms with Gasteiger partial charge in [-0.25, -0.2) is 4.79 Å². The average molecular weight is 275 g/mol. The maximum atomic E-state index is 11.8. The van der Waals surface area contributed by atoms with E-state index in [1.165, 1.54) is 0 Å². The normalized spacial score (nSPS) is 10.1. The van der Waals surface area contributed by atoms with Crippen molar-refractivity contribution in [3.05, 3.63) is 41.8 Å². The number of hydrogen-bond acceptors (Lipinski definition) is 5. The minimum absolute atomic E-state index is 0.0842. The fourth-order valence-electron chi connectivity index (χ4n) is 1.52. The fraction of sp³-hybridized carbons (Fsp3) is 0.154. The first-order valence-electron chi connectivity index (χ1n) is 5.76. The molecule has 1 amide bonds. The van der Waals surface area contributed by atoms with Crippen LogP contribution in [-0.2, 0) is 0 Å². The molecule has 7 nitrogen and oxygen atoms in total. The van der Waals surface area contributed by atoms with Crippen LogP contribution in [0, 0.1) is 0 Å². The lowest BCUT2D eigenvalue weighted by Gasteiger charge is -2.12. The van der Waals surface area contributed by atoms with Crippen LogP contribution in [0.2, 0.25) is 0 Å². The third-order valence-corrected chi connectivity index (χ3v) is 2.60. The summed E-state index contributed by atoms with van der Waals surface area (Å²) in [6.07, 6.45) is 0. The van der Waals surface area contributed by atoms with Crippen molar-refractivity contribution in [3.8, 4) is 0 Å². The SMILES string of the molecule is CN(C)c1ccc(NC(=O)c2cc(C(=O)O)on2)cc1. The van der Waals surface area contributed by atoms with Gasteiger partial charge in [0.25, 0.3) is 5.91 Å². The zero-order valence-electron chi connectivity index (χ0n) is 11.0. The lowest BCUT2D eigenvalue weighted by atomic mass is 10.2. The predicted octanol–water partition coefficient (Wildman–Crippen LogP) is 1.69. The summed E-state index contributed by atoms with van der Waals surface area (Å²) in [5.41, 5.74) is 1.50. The second-order valence-electron chi connectivity index (χ2n) is 4.28. The minimum Gasteiger partial charge on any atom is -0.475 e. The van der Waals surface area contributed by atoms with E-state index in [-0.39, 0.29) is 11.5 Å². The van der Waals surface area contributed by atoms with E-state index in [9.17, 15) is 9.59 Å². The third-order valence-electron chi connectivity index (χ3n) is 2.60. The molecule has 0 fully saturated rings. The molecule has 20 heavy (non-hydrogen) atoms. The molecular formula is C13H13N3O4. The zero-order chi connectivity index (χ0) is 14.7. The molecule has 0 radical (unpaired) electrons. The first kappa shape index (κ1) is 13.6. The third kappa shape index (κ3) is 2.94. The van der Waals surface area contributed by atoms with Gasteiger partial charge in [0.15, 0.2) is 5.69 Å². The summed E-state index contributed by atoms with van der Waals surface area (Å²) in [5, 5.41) is 14.7. The predicted molar refractivity (Wildman–Crippen MR) is 72.2 cm³/mol. The quantitative estimate of drug-likeness (QED) is 0.881. The topological polar surface area (TPSA) is 95.7 Å². The highest BCUT2D eigenvalue weighted by molar-refractivity contribution is 6.03. The van der Waals surface area contributed by atoms with E-state index >= 15 is 0 Å². The monoisotopic (exact) mass is 275 g/mol. The molecule has 0 aliphatic rings. The molecule has 0 aliphatic carbocycles. The number of benzene rings is 1. The minimum atomic E-state index is -1.27. The Morgan fingerprint density at radius 3 is 2.40 bits per heavy atom. The molecule has 0 atom stereocenters. The molecule has 0 spiro atoms. The largest absolute Gasteiger partial charge is 0.475 e. The maximum Gasteiger partial charge on any atom is 0.374 e. The second kappa shape index (κ2) is 5.43. The Hall–Kier alpha value is -2.83. The lowest BCUT2D eigenvalue weighted by Crippen LogP contribution is -2.13. The van der Waals surface area contributed by atoms with Crippen molar-refractivity contribution >= 4 is 23.3 Å². The first-order valence-corrected chi connectivity index (χ1v) is 5.76. The van der Waals surface area contributed by atoms with Crippen LogP contribution >= 0.6 is 0 Å². The summed E-state index contributed by atoms with van der Waals surface area (Å²) in [4.78, 5) is 24.4. The van der Waals surface area contributed by atoms with Gasteiger partial charge in [-0.15, -0.1) is 0 Å². The molecule has 0 unspecified atom stereocenters. The van der Waals surface area contributed by atoms with Gasteiger partial charge in [0.1, 0.15) is 0 Å². The highest BCUT2D eigenvalue weighted by Gasteiger charge is 2.16. The number of carbonyl (C=O) groups is 2. The van der Waals surface area contributed by atoms with Gasteiger partial charge >= 0.3 is 5.97 Å². The van der Waals surface area contributed by atoms with Gasteiger partial charge in [-0.1, -0.05) is 5.16 Å². The van der Waals surface area contributed by atoms with Crippen LogP contribution in [0.15, 0.2) is 34.9 Å². The number of aromatic nitrogens is 1. The highest BCUT2D eigenvalue weighted by Crippen LogP contribution is 2.16. The van der Waals surface area contributed by atoms with E-state index in [1.807, 2.05) is 31.1 Å². The number of rotatable bonds is 4. The van der Waals surface area contributed by atoms with Crippen molar-refractivity contribution in [2.45, 2.75) is 0 Å². The molecule has 0 aliphatic heterocycles. The van der Waals surface area contributed by atoms with Crippen molar-refractivity contribution in [1.82, 2.24) is 5.16 Å². The number of nitrogens with zero attached hydrogens (tertiary/aromatic N) is 2. The van der Waals surface area contributed by atoms with Gasteiger partial charge in [0.2, 0.25) is 5.76 Å². The van der Waals surface area contributed by atoms with E-state index in [0.29, 0.717) is 5.69 Å². The highest BCUT2D eigenvalue weighted by atomic mass is 16.5. The Balaban J connectivity index is 2.08. The van der Waals surface area contributed by atoms with Gasteiger partial charge in [0.05, 0.1) is 0 Å². The van der Waals surface area contributed by atoms with E-state index in [2.05, 4.69) is 15.0 Å². The molecule has 104 valence electrons. The number of aromatic carboxylic acids is 1. The molecule has 0 saturated heterocycles. The van der Waals surface area contributed by atoms with Gasteiger partial charge in [-0.2, -0.15) is 0 Å². The van der Waals surface area contributed by atoms with Crippen LogP contribution in [0.3, 0.4) is 0 Å². The number of anilines is 2. The van der Waals surface area contributed by atoms with Crippen LogP contribution in [0.4, 0.5) is 11.4 Å². The summed E-state index contributed by atoms with van der Waals surface area (Å²) in [6.45, 7) is 0. The molecule has 0 saturated carbocycles. The summed E-state index contributed by atoms with van der Waals surface area (Å²) in [7, 11) is 3.83. The van der Waals surface area contributed by atoms with Crippen LogP contribution < -0.4 is 10.2 Å². The fourth-order valence-corrected chi connectivity index (χ4v) is 1.52. The Morgan fingerprint density at radius 2 is 1.90 bits per heavy atom. The number of hydrogen-bond donors (Lipinski definition) is 2. The van der Waals surface area contributed by atoms with E-state index in [1.54, 1.807) is 12.1 Å². The van der Waals surface area contributed by atoms with Gasteiger partial charge in [-0.05, 0) is 24.3 Å². The Kier molecular flexibility index (Phi) is 3.69. The molecule has 7 heteroatoms. The first-order chi connectivity index (χ1) is 9.47. The number of amides is 1. The molecule has 2 rings (SSSR count). The van der Waals surface area contributed by atoms with Gasteiger partial charge in [0, 0.05) is 31.5 Å². The maximum absolute atomic E-state index is 11.8. The summed E-state index contributed by atoms with van der Waals surface area (Å²) in [6, 6.07) is 8.25. The zero-order valence-corrected chi connectivity index (χ0v) is 11.0. The number of carboxylic acids is 1. The van der Waals surface area contributed by atoms with Crippen molar-refractivity contribution < 1.29 is 19.2 Å². The second-order valence-corrected chi connectivity index (χ2v) is 4.28. The summed E-state index contributed by atoms with van der Waals surface area (Å²) >= 11 is 0. The molecule has 0 bridgehead atoms. The Bertz CT molecular complexity index is 631. The Labute approximate surface area is 114 Å². The summed E-state index contributed by atoms with van der Waals surface area (Å²) < 4.78 is 4.52. The van der Waals surface area contributed by atoms with Crippen LogP contribution in [0.5, 0.6) is 0 Å². The molecule has 1 heterocycles. The van der Waals surface area contributed by atoms with Crippen LogP contribution in [0.1, 0.15) is 21.0 Å². The van der Waals surface area contributed by atoms with Crippen molar-refractivity contribution in [3.63, 3.8) is 0 Å². The molecule has 1 aromatic heterocycles. The van der Waals surface area contributed by atoms with E-state index in [0.717, 1.165) is 11.8 Å². The smallest absolute Gasteiger partial charge is 0.374 e. The van der Waals surface area contributed by atoms with Crippen LogP contribution in [-0.4, -0.2) is 36.2 Å². The Morgan fingerprint density at radius 1 is 1.25 bits per heavy atom. The summed E-state index contributed by atoms with van der Waals surface area (Å²) in [5.74, 6) is -2.18. The molecule has 2 aromatic rings. The molecule has 2 N–H and O–H groups in total. The number of nitrogens with one attached hydrogen (secondary N) is 1. The number of carbonyl (C=O) groups excluding carboxylic acids is 1. The van der Waals surface area contributed by atoms with Crippen molar-refractivity contribution in [2.75, 3.05) is 24.3 Å². The molecule has 1 aromatic carbocycles. The van der Waals surface area contributed by atoms with Crippen molar-refractivity contribution in [1.29, 1.82) is 0 Å². The van der Waals surface area contributed by atoms with E-state index < -0.39 is 11.9 Å². The standard InChI is InChI=1S/C13H13N3O4/c1-16(2)9-5-3-8(4-6-9)14-12(17)10-7-11(13(18)19)20-15-10/h3-7H,1-2H3,(H,14,17)(H,18,19). The number of carboxylic acid groups (broad SMARTS) is 1. The van der Waals surface area contributed by atoms with Gasteiger partial charge in [-0.3, -0.25) is 4.79 Å². The molecular weight excluding hydrogens is 262 g/mol. The van der Waals surface area contributed by atoms with Gasteiger partial charge < -0.3 is 19.8 Å². The van der Waals surface area contributed by atoms with Crippen LogP contribution in [0.25, 0.3) is 0 Å². The van der Waals surface area contributed by atoms with Crippen molar-refractivity contribution in [2.24, 2.45) is 0 Å². The average Bonchev–Trinajstić information content (AvgIpc) is 2.89.